The Bertz CT molecular complexity index is 814. The molecule has 2 aromatic carbocycles. The van der Waals surface area contributed by atoms with E-state index in [2.05, 4.69) is 5.32 Å². The van der Waals surface area contributed by atoms with Crippen LogP contribution >= 0.6 is 46.6 Å². The van der Waals surface area contributed by atoms with Gasteiger partial charge in [0.1, 0.15) is 0 Å². The minimum atomic E-state index is -0.454. The van der Waals surface area contributed by atoms with Crippen molar-refractivity contribution < 1.29 is 14.3 Å². The largest absolute Gasteiger partial charge is 0.462 e. The predicted octanol–water partition coefficient (Wildman–Crippen LogP) is 5.70. The van der Waals surface area contributed by atoms with Crippen LogP contribution in [0.4, 0.5) is 5.69 Å². The summed E-state index contributed by atoms with van der Waals surface area (Å²) in [5.74, 6) is 0.223. The van der Waals surface area contributed by atoms with Crippen molar-refractivity contribution in [3.05, 3.63) is 62.6 Å². The third kappa shape index (κ3) is 6.09. The van der Waals surface area contributed by atoms with Crippen molar-refractivity contribution in [2.24, 2.45) is 0 Å². The highest BCUT2D eigenvalue weighted by Crippen LogP contribution is 2.26. The first kappa shape index (κ1) is 20.9. The molecule has 0 bridgehead atoms. The van der Waals surface area contributed by atoms with Crippen LogP contribution in [0.3, 0.4) is 0 Å². The second-order valence-electron chi connectivity index (χ2n) is 5.20. The summed E-state index contributed by atoms with van der Waals surface area (Å²) in [5.41, 5.74) is 1.76. The van der Waals surface area contributed by atoms with E-state index in [1.54, 1.807) is 31.2 Å². The molecule has 4 nitrogen and oxygen atoms in total. The molecule has 138 valence electrons. The predicted molar refractivity (Wildman–Crippen MR) is 109 cm³/mol. The minimum Gasteiger partial charge on any atom is -0.462 e. The molecule has 8 heteroatoms. The van der Waals surface area contributed by atoms with Crippen molar-refractivity contribution >= 4 is 64.1 Å². The highest BCUT2D eigenvalue weighted by Gasteiger charge is 2.11. The highest BCUT2D eigenvalue weighted by molar-refractivity contribution is 7.99. The maximum atomic E-state index is 12.1. The molecular formula is C18H16Cl3NO3S. The summed E-state index contributed by atoms with van der Waals surface area (Å²) in [5, 5.41) is 3.99. The van der Waals surface area contributed by atoms with Gasteiger partial charge in [0.25, 0.3) is 0 Å². The number of carbonyl (C=O) groups excluding carboxylic acids is 2. The number of carbonyl (C=O) groups is 2. The first-order valence-corrected chi connectivity index (χ1v) is 9.97. The Morgan fingerprint density at radius 1 is 1.04 bits per heavy atom. The van der Waals surface area contributed by atoms with Crippen LogP contribution in [-0.4, -0.2) is 24.2 Å². The number of benzene rings is 2. The molecule has 0 aliphatic rings. The molecule has 0 unspecified atom stereocenters. The van der Waals surface area contributed by atoms with E-state index in [4.69, 9.17) is 39.5 Å². The number of thioether (sulfide) groups is 1. The van der Waals surface area contributed by atoms with Gasteiger partial charge in [0.2, 0.25) is 5.91 Å². The van der Waals surface area contributed by atoms with Crippen LogP contribution in [0.1, 0.15) is 22.8 Å². The highest BCUT2D eigenvalue weighted by atomic mass is 35.5. The van der Waals surface area contributed by atoms with Gasteiger partial charge < -0.3 is 10.1 Å². The SMILES string of the molecule is CCOC(=O)c1ccc(NC(=O)CSCc2ccc(Cl)c(Cl)c2)c(Cl)c1. The average molecular weight is 433 g/mol. The Kier molecular flexibility index (Phi) is 8.10. The molecule has 26 heavy (non-hydrogen) atoms. The molecule has 0 aliphatic carbocycles. The Hall–Kier alpha value is -1.40. The maximum Gasteiger partial charge on any atom is 0.338 e. The zero-order valence-electron chi connectivity index (χ0n) is 13.9. The van der Waals surface area contributed by atoms with E-state index in [0.717, 1.165) is 5.56 Å². The lowest BCUT2D eigenvalue weighted by molar-refractivity contribution is -0.113. The van der Waals surface area contributed by atoms with E-state index in [1.807, 2.05) is 6.07 Å². The van der Waals surface area contributed by atoms with Gasteiger partial charge in [-0.15, -0.1) is 11.8 Å². The fourth-order valence-electron chi connectivity index (χ4n) is 2.04. The standard InChI is InChI=1S/C18H16Cl3NO3S/c1-2-25-18(24)12-4-6-16(15(21)8-12)22-17(23)10-26-9-11-3-5-13(19)14(20)7-11/h3-8H,2,9-10H2,1H3,(H,22,23). The lowest BCUT2D eigenvalue weighted by Gasteiger charge is -2.09. The van der Waals surface area contributed by atoms with E-state index in [-0.39, 0.29) is 23.3 Å². The van der Waals surface area contributed by atoms with Gasteiger partial charge in [-0.3, -0.25) is 4.79 Å². The summed E-state index contributed by atoms with van der Waals surface area (Å²) in [7, 11) is 0. The van der Waals surface area contributed by atoms with Crippen LogP contribution in [0.5, 0.6) is 0 Å². The number of hydrogen-bond acceptors (Lipinski definition) is 4. The van der Waals surface area contributed by atoms with Crippen molar-refractivity contribution in [3.8, 4) is 0 Å². The molecule has 0 atom stereocenters. The molecule has 0 radical (unpaired) electrons. The molecule has 0 spiro atoms. The van der Waals surface area contributed by atoms with Crippen LogP contribution in [0.25, 0.3) is 0 Å². The Morgan fingerprint density at radius 3 is 2.46 bits per heavy atom. The minimum absolute atomic E-state index is 0.194. The van der Waals surface area contributed by atoms with Crippen LogP contribution in [-0.2, 0) is 15.3 Å². The third-order valence-electron chi connectivity index (χ3n) is 3.24. The molecule has 0 fully saturated rings. The molecule has 0 aliphatic heterocycles. The lowest BCUT2D eigenvalue weighted by atomic mass is 10.2. The Labute approximate surface area is 171 Å². The number of halogens is 3. The molecular weight excluding hydrogens is 417 g/mol. The second-order valence-corrected chi connectivity index (χ2v) is 7.41. The van der Waals surface area contributed by atoms with Crippen LogP contribution in [0, 0.1) is 0 Å². The van der Waals surface area contributed by atoms with Crippen molar-refractivity contribution in [1.82, 2.24) is 0 Å². The molecule has 1 N–H and O–H groups in total. The van der Waals surface area contributed by atoms with E-state index in [9.17, 15) is 9.59 Å². The maximum absolute atomic E-state index is 12.1. The Morgan fingerprint density at radius 2 is 1.81 bits per heavy atom. The van der Waals surface area contributed by atoms with E-state index in [1.165, 1.54) is 17.8 Å². The van der Waals surface area contributed by atoms with E-state index < -0.39 is 5.97 Å². The molecule has 0 aromatic heterocycles. The summed E-state index contributed by atoms with van der Waals surface area (Å²) in [6.45, 7) is 2.01. The van der Waals surface area contributed by atoms with Gasteiger partial charge in [-0.1, -0.05) is 40.9 Å². The molecule has 0 saturated carbocycles. The molecule has 0 heterocycles. The van der Waals surface area contributed by atoms with Gasteiger partial charge in [0, 0.05) is 5.75 Å². The van der Waals surface area contributed by atoms with Crippen LogP contribution in [0.15, 0.2) is 36.4 Å². The quantitative estimate of drug-likeness (QED) is 0.571. The lowest BCUT2D eigenvalue weighted by Crippen LogP contribution is -2.15. The summed E-state index contributed by atoms with van der Waals surface area (Å²) < 4.78 is 4.91. The van der Waals surface area contributed by atoms with Gasteiger partial charge in [0.05, 0.1) is 38.7 Å². The number of hydrogen-bond donors (Lipinski definition) is 1. The summed E-state index contributed by atoms with van der Waals surface area (Å²) in [4.78, 5) is 23.7. The summed E-state index contributed by atoms with van der Waals surface area (Å²) in [6.07, 6.45) is 0. The van der Waals surface area contributed by atoms with Crippen molar-refractivity contribution in [3.63, 3.8) is 0 Å². The van der Waals surface area contributed by atoms with Gasteiger partial charge in [-0.25, -0.2) is 4.79 Å². The number of ether oxygens (including phenoxy) is 1. The van der Waals surface area contributed by atoms with Gasteiger partial charge >= 0.3 is 5.97 Å². The van der Waals surface area contributed by atoms with Gasteiger partial charge in [-0.05, 0) is 42.8 Å². The number of esters is 1. The van der Waals surface area contributed by atoms with Gasteiger partial charge in [-0.2, -0.15) is 0 Å². The van der Waals surface area contributed by atoms with Crippen molar-refractivity contribution in [2.75, 3.05) is 17.7 Å². The third-order valence-corrected chi connectivity index (χ3v) is 5.30. The van der Waals surface area contributed by atoms with E-state index >= 15 is 0 Å². The topological polar surface area (TPSA) is 55.4 Å². The molecule has 2 rings (SSSR count). The Balaban J connectivity index is 1.87. The van der Waals surface area contributed by atoms with Crippen LogP contribution in [0.2, 0.25) is 15.1 Å². The summed E-state index contributed by atoms with van der Waals surface area (Å²) >= 11 is 19.4. The number of amides is 1. The number of rotatable bonds is 7. The van der Waals surface area contributed by atoms with Crippen molar-refractivity contribution in [2.45, 2.75) is 12.7 Å². The van der Waals surface area contributed by atoms with Crippen LogP contribution < -0.4 is 5.32 Å². The number of anilines is 1. The fourth-order valence-corrected chi connectivity index (χ4v) is 3.36. The van der Waals surface area contributed by atoms with E-state index in [0.29, 0.717) is 27.0 Å². The van der Waals surface area contributed by atoms with Gasteiger partial charge in [0.15, 0.2) is 0 Å². The summed E-state index contributed by atoms with van der Waals surface area (Å²) in [6, 6.07) is 9.98. The van der Waals surface area contributed by atoms with Crippen molar-refractivity contribution in [1.29, 1.82) is 0 Å². The second kappa shape index (κ2) is 10.1. The smallest absolute Gasteiger partial charge is 0.338 e. The molecule has 2 aromatic rings. The monoisotopic (exact) mass is 431 g/mol. The normalized spacial score (nSPS) is 10.5. The zero-order valence-corrected chi connectivity index (χ0v) is 16.9. The first-order valence-electron chi connectivity index (χ1n) is 7.69. The zero-order chi connectivity index (χ0) is 19.1. The molecule has 0 saturated heterocycles. The number of nitrogens with one attached hydrogen (secondary N) is 1. The average Bonchev–Trinajstić information content (AvgIpc) is 2.60. The first-order chi connectivity index (χ1) is 12.4. The fraction of sp³-hybridized carbons (Fsp3) is 0.222. The molecule has 1 amide bonds.